The van der Waals surface area contributed by atoms with Gasteiger partial charge in [-0.25, -0.2) is 0 Å². The highest BCUT2D eigenvalue weighted by molar-refractivity contribution is 5.70. The van der Waals surface area contributed by atoms with Gasteiger partial charge in [0.1, 0.15) is 0 Å². The number of hydrogen-bond donors (Lipinski definition) is 1. The van der Waals surface area contributed by atoms with Crippen molar-refractivity contribution in [1.29, 1.82) is 0 Å². The van der Waals surface area contributed by atoms with Crippen LogP contribution >= 0.6 is 0 Å². The summed E-state index contributed by atoms with van der Waals surface area (Å²) in [6, 6.07) is 25.5. The van der Waals surface area contributed by atoms with Crippen LogP contribution in [0.1, 0.15) is 33.9 Å². The minimum Gasteiger partial charge on any atom is -0.374 e. The highest BCUT2D eigenvalue weighted by Gasteiger charge is 2.15. The number of rotatable bonds is 6. The quantitative estimate of drug-likeness (QED) is 0.546. The van der Waals surface area contributed by atoms with Gasteiger partial charge in [0.2, 0.25) is 0 Å². The lowest BCUT2D eigenvalue weighted by molar-refractivity contribution is 0.937. The summed E-state index contributed by atoms with van der Waals surface area (Å²) >= 11 is 0. The summed E-state index contributed by atoms with van der Waals surface area (Å²) in [5.41, 5.74) is 6.95. The Labute approximate surface area is 150 Å². The molecule has 0 spiro atoms. The Morgan fingerprint density at radius 3 is 2.12 bits per heavy atom. The summed E-state index contributed by atoms with van der Waals surface area (Å²) in [6.45, 7) is 9.93. The molecule has 0 aliphatic carbocycles. The van der Waals surface area contributed by atoms with Crippen LogP contribution in [0.25, 0.3) is 12.2 Å². The van der Waals surface area contributed by atoms with Crippen molar-refractivity contribution in [3.8, 4) is 0 Å². The molecule has 0 saturated heterocycles. The van der Waals surface area contributed by atoms with Crippen LogP contribution in [0.4, 0.5) is 5.69 Å². The maximum absolute atomic E-state index is 3.95. The van der Waals surface area contributed by atoms with Crippen molar-refractivity contribution in [2.45, 2.75) is 13.0 Å². The lowest BCUT2D eigenvalue weighted by Gasteiger charge is -2.23. The second kappa shape index (κ2) is 7.67. The molecule has 0 heterocycles. The Morgan fingerprint density at radius 2 is 1.48 bits per heavy atom. The molecule has 1 unspecified atom stereocenters. The molecule has 1 atom stereocenters. The summed E-state index contributed by atoms with van der Waals surface area (Å²) in [5, 5.41) is 3.71. The van der Waals surface area contributed by atoms with E-state index in [1.54, 1.807) is 0 Å². The standard InChI is InChI=1S/C24H23N/c1-4-19-13-16-20(5-2)23(17-19)25-24(21-9-7-6-8-10-21)22-14-11-18(3)12-15-22/h4-17,24-25H,1-2H2,3H3. The van der Waals surface area contributed by atoms with E-state index in [-0.39, 0.29) is 6.04 Å². The number of benzene rings is 3. The van der Waals surface area contributed by atoms with E-state index in [0.717, 1.165) is 16.8 Å². The van der Waals surface area contributed by atoms with E-state index in [2.05, 4.69) is 92.1 Å². The second-order valence-electron chi connectivity index (χ2n) is 6.15. The van der Waals surface area contributed by atoms with E-state index in [9.17, 15) is 0 Å². The fourth-order valence-electron chi connectivity index (χ4n) is 2.92. The monoisotopic (exact) mass is 325 g/mol. The van der Waals surface area contributed by atoms with Crippen molar-refractivity contribution < 1.29 is 0 Å². The van der Waals surface area contributed by atoms with Gasteiger partial charge >= 0.3 is 0 Å². The number of hydrogen-bond acceptors (Lipinski definition) is 1. The largest absolute Gasteiger partial charge is 0.374 e. The minimum atomic E-state index is 0.0700. The van der Waals surface area contributed by atoms with E-state index in [1.165, 1.54) is 16.7 Å². The molecule has 0 bridgehead atoms. The first-order valence-electron chi connectivity index (χ1n) is 8.48. The van der Waals surface area contributed by atoms with Gasteiger partial charge in [-0.2, -0.15) is 0 Å². The van der Waals surface area contributed by atoms with Crippen molar-refractivity contribution in [1.82, 2.24) is 0 Å². The lowest BCUT2D eigenvalue weighted by Crippen LogP contribution is -2.13. The van der Waals surface area contributed by atoms with Crippen LogP contribution in [-0.2, 0) is 0 Å². The molecular weight excluding hydrogens is 302 g/mol. The van der Waals surface area contributed by atoms with Crippen molar-refractivity contribution in [2.24, 2.45) is 0 Å². The zero-order valence-electron chi connectivity index (χ0n) is 14.6. The zero-order valence-corrected chi connectivity index (χ0v) is 14.6. The number of anilines is 1. The fraction of sp³-hybridized carbons (Fsp3) is 0.0833. The van der Waals surface area contributed by atoms with Crippen LogP contribution in [0, 0.1) is 6.92 Å². The summed E-state index contributed by atoms with van der Waals surface area (Å²) in [5.74, 6) is 0. The Hall–Kier alpha value is -3.06. The molecule has 0 aliphatic heterocycles. The van der Waals surface area contributed by atoms with Crippen molar-refractivity contribution in [3.05, 3.63) is 114 Å². The van der Waals surface area contributed by atoms with Gasteiger partial charge in [-0.3, -0.25) is 0 Å². The lowest BCUT2D eigenvalue weighted by atomic mass is 9.96. The molecule has 3 aromatic rings. The van der Waals surface area contributed by atoms with E-state index in [4.69, 9.17) is 0 Å². The predicted molar refractivity (Wildman–Crippen MR) is 110 cm³/mol. The Kier molecular flexibility index (Phi) is 5.15. The third kappa shape index (κ3) is 3.89. The van der Waals surface area contributed by atoms with Gasteiger partial charge < -0.3 is 5.32 Å². The topological polar surface area (TPSA) is 12.0 Å². The van der Waals surface area contributed by atoms with Gasteiger partial charge in [-0.15, -0.1) is 0 Å². The molecular formula is C24H23N. The summed E-state index contributed by atoms with van der Waals surface area (Å²) in [4.78, 5) is 0. The molecule has 0 fully saturated rings. The predicted octanol–water partition coefficient (Wildman–Crippen LogP) is 6.48. The first-order valence-corrected chi connectivity index (χ1v) is 8.48. The molecule has 1 heteroatoms. The zero-order chi connectivity index (χ0) is 17.6. The molecule has 1 N–H and O–H groups in total. The van der Waals surface area contributed by atoms with Crippen LogP contribution < -0.4 is 5.32 Å². The molecule has 3 aromatic carbocycles. The van der Waals surface area contributed by atoms with Gasteiger partial charge in [-0.05, 0) is 35.2 Å². The first kappa shape index (κ1) is 16.8. The molecule has 0 radical (unpaired) electrons. The Bertz CT molecular complexity index is 860. The van der Waals surface area contributed by atoms with Crippen LogP contribution in [0.3, 0.4) is 0 Å². The number of nitrogens with one attached hydrogen (secondary N) is 1. The average molecular weight is 325 g/mol. The molecule has 124 valence electrons. The van der Waals surface area contributed by atoms with Crippen molar-refractivity contribution in [2.75, 3.05) is 5.32 Å². The highest BCUT2D eigenvalue weighted by Crippen LogP contribution is 2.30. The maximum Gasteiger partial charge on any atom is 0.0767 e. The molecule has 0 saturated carbocycles. The van der Waals surface area contributed by atoms with E-state index in [1.807, 2.05) is 18.2 Å². The van der Waals surface area contributed by atoms with Gasteiger partial charge in [0.05, 0.1) is 6.04 Å². The Morgan fingerprint density at radius 1 is 0.800 bits per heavy atom. The van der Waals surface area contributed by atoms with Crippen LogP contribution in [-0.4, -0.2) is 0 Å². The van der Waals surface area contributed by atoms with Crippen LogP contribution in [0.15, 0.2) is 86.0 Å². The SMILES string of the molecule is C=Cc1ccc(C=C)c(NC(c2ccccc2)c2ccc(C)cc2)c1. The summed E-state index contributed by atoms with van der Waals surface area (Å²) in [6.07, 6.45) is 3.74. The van der Waals surface area contributed by atoms with E-state index >= 15 is 0 Å². The van der Waals surface area contributed by atoms with Gasteiger partial charge in [0.25, 0.3) is 0 Å². The maximum atomic E-state index is 3.95. The molecule has 0 amide bonds. The summed E-state index contributed by atoms with van der Waals surface area (Å²) < 4.78 is 0. The molecule has 0 aliphatic rings. The smallest absolute Gasteiger partial charge is 0.0767 e. The Balaban J connectivity index is 2.05. The number of aryl methyl sites for hydroxylation is 1. The first-order chi connectivity index (χ1) is 12.2. The molecule has 1 nitrogen and oxygen atoms in total. The second-order valence-corrected chi connectivity index (χ2v) is 6.15. The van der Waals surface area contributed by atoms with Crippen molar-refractivity contribution >= 4 is 17.8 Å². The minimum absolute atomic E-state index is 0.0700. The van der Waals surface area contributed by atoms with Gasteiger partial charge in [0.15, 0.2) is 0 Å². The van der Waals surface area contributed by atoms with Crippen LogP contribution in [0.2, 0.25) is 0 Å². The molecule has 0 aromatic heterocycles. The highest BCUT2D eigenvalue weighted by atomic mass is 14.9. The van der Waals surface area contributed by atoms with E-state index < -0.39 is 0 Å². The summed E-state index contributed by atoms with van der Waals surface area (Å²) in [7, 11) is 0. The third-order valence-electron chi connectivity index (χ3n) is 4.38. The molecule has 25 heavy (non-hydrogen) atoms. The molecule has 3 rings (SSSR count). The van der Waals surface area contributed by atoms with Gasteiger partial charge in [-0.1, -0.05) is 97.6 Å². The third-order valence-corrected chi connectivity index (χ3v) is 4.38. The van der Waals surface area contributed by atoms with Crippen molar-refractivity contribution in [3.63, 3.8) is 0 Å². The normalized spacial score (nSPS) is 11.6. The fourth-order valence-corrected chi connectivity index (χ4v) is 2.92. The van der Waals surface area contributed by atoms with E-state index in [0.29, 0.717) is 0 Å². The average Bonchev–Trinajstić information content (AvgIpc) is 2.67. The van der Waals surface area contributed by atoms with Gasteiger partial charge in [0, 0.05) is 5.69 Å². The van der Waals surface area contributed by atoms with Crippen LogP contribution in [0.5, 0.6) is 0 Å².